The second kappa shape index (κ2) is 9.58. The van der Waals surface area contributed by atoms with Gasteiger partial charge in [0.2, 0.25) is 5.91 Å². The molecule has 0 unspecified atom stereocenters. The lowest BCUT2D eigenvalue weighted by Gasteiger charge is -2.24. The predicted molar refractivity (Wildman–Crippen MR) is 81.3 cm³/mol. The Morgan fingerprint density at radius 1 is 1.25 bits per heavy atom. The number of ether oxygens (including phenoxy) is 2. The molecule has 0 fully saturated rings. The molecule has 0 bridgehead atoms. The average Bonchev–Trinajstić information content (AvgIpc) is 2.39. The van der Waals surface area contributed by atoms with E-state index in [2.05, 4.69) is 5.32 Å². The van der Waals surface area contributed by atoms with Gasteiger partial charge >= 0.3 is 0 Å². The lowest BCUT2D eigenvalue weighted by atomic mass is 10.1. The molecule has 0 aromatic heterocycles. The molecule has 1 aromatic rings. The van der Waals surface area contributed by atoms with Gasteiger partial charge in [-0.2, -0.15) is 0 Å². The molecular weight excluding hydrogens is 280 g/mol. The van der Waals surface area contributed by atoms with Gasteiger partial charge in [0.15, 0.2) is 0 Å². The summed E-state index contributed by atoms with van der Waals surface area (Å²) < 4.78 is 10.7. The Morgan fingerprint density at radius 3 is 2.50 bits per heavy atom. The SMILES string of the molecule is CC(C)(CN)NC(=O)COCCOc1ccccc1.Cl. The second-order valence-corrected chi connectivity index (χ2v) is 4.85. The third kappa shape index (κ3) is 7.99. The van der Waals surface area contributed by atoms with Gasteiger partial charge in [-0.15, -0.1) is 12.4 Å². The summed E-state index contributed by atoms with van der Waals surface area (Å²) in [5.41, 5.74) is 5.12. The molecule has 114 valence electrons. The Hall–Kier alpha value is -1.30. The minimum atomic E-state index is -0.402. The van der Waals surface area contributed by atoms with Crippen molar-refractivity contribution in [3.05, 3.63) is 30.3 Å². The quantitative estimate of drug-likeness (QED) is 0.711. The zero-order chi connectivity index (χ0) is 14.1. The standard InChI is InChI=1S/C14H22N2O3.ClH/c1-14(2,11-15)16-13(17)10-18-8-9-19-12-6-4-3-5-7-12;/h3-7H,8-11,15H2,1-2H3,(H,16,17);1H. The van der Waals surface area contributed by atoms with Crippen LogP contribution in [0.25, 0.3) is 0 Å². The first-order valence-electron chi connectivity index (χ1n) is 6.30. The van der Waals surface area contributed by atoms with Crippen LogP contribution in [-0.2, 0) is 9.53 Å². The maximum absolute atomic E-state index is 11.5. The van der Waals surface area contributed by atoms with E-state index in [1.165, 1.54) is 0 Å². The van der Waals surface area contributed by atoms with Crippen LogP contribution in [0.15, 0.2) is 30.3 Å². The summed E-state index contributed by atoms with van der Waals surface area (Å²) >= 11 is 0. The van der Waals surface area contributed by atoms with Crippen LogP contribution in [0, 0.1) is 0 Å². The number of carbonyl (C=O) groups is 1. The Kier molecular flexibility index (Phi) is 8.96. The predicted octanol–water partition coefficient (Wildman–Crippen LogP) is 1.36. The van der Waals surface area contributed by atoms with Crippen molar-refractivity contribution < 1.29 is 14.3 Å². The summed E-state index contributed by atoms with van der Waals surface area (Å²) in [7, 11) is 0. The highest BCUT2D eigenvalue weighted by molar-refractivity contribution is 5.85. The van der Waals surface area contributed by atoms with Crippen molar-refractivity contribution in [2.24, 2.45) is 5.73 Å². The molecule has 0 saturated heterocycles. The van der Waals surface area contributed by atoms with Gasteiger partial charge in [0.05, 0.1) is 6.61 Å². The van der Waals surface area contributed by atoms with Gasteiger partial charge in [-0.3, -0.25) is 4.79 Å². The summed E-state index contributed by atoms with van der Waals surface area (Å²) in [6, 6.07) is 9.47. The van der Waals surface area contributed by atoms with E-state index in [4.69, 9.17) is 15.2 Å². The molecule has 0 saturated carbocycles. The number of para-hydroxylation sites is 1. The highest BCUT2D eigenvalue weighted by atomic mass is 35.5. The molecule has 20 heavy (non-hydrogen) atoms. The summed E-state index contributed by atoms with van der Waals surface area (Å²) in [6.07, 6.45) is 0. The first-order chi connectivity index (χ1) is 9.03. The van der Waals surface area contributed by atoms with E-state index >= 15 is 0 Å². The minimum Gasteiger partial charge on any atom is -0.491 e. The summed E-state index contributed by atoms with van der Waals surface area (Å²) in [5.74, 6) is 0.620. The van der Waals surface area contributed by atoms with Gasteiger partial charge in [-0.25, -0.2) is 0 Å². The zero-order valence-electron chi connectivity index (χ0n) is 11.9. The Morgan fingerprint density at radius 2 is 1.90 bits per heavy atom. The number of carbonyl (C=O) groups excluding carboxylic acids is 1. The number of hydrogen-bond acceptors (Lipinski definition) is 4. The van der Waals surface area contributed by atoms with Crippen LogP contribution in [0.5, 0.6) is 5.75 Å². The van der Waals surface area contributed by atoms with Gasteiger partial charge in [0.25, 0.3) is 0 Å². The van der Waals surface area contributed by atoms with Crippen molar-refractivity contribution in [2.45, 2.75) is 19.4 Å². The van der Waals surface area contributed by atoms with Crippen molar-refractivity contribution in [3.8, 4) is 5.75 Å². The number of hydrogen-bond donors (Lipinski definition) is 2. The smallest absolute Gasteiger partial charge is 0.246 e. The topological polar surface area (TPSA) is 73.6 Å². The van der Waals surface area contributed by atoms with E-state index in [-0.39, 0.29) is 24.9 Å². The summed E-state index contributed by atoms with van der Waals surface area (Å²) in [4.78, 5) is 11.5. The number of nitrogens with two attached hydrogens (primary N) is 1. The van der Waals surface area contributed by atoms with E-state index in [1.54, 1.807) is 0 Å². The number of benzene rings is 1. The van der Waals surface area contributed by atoms with Crippen LogP contribution in [0.4, 0.5) is 0 Å². The van der Waals surface area contributed by atoms with Crippen molar-refractivity contribution in [1.29, 1.82) is 0 Å². The van der Waals surface area contributed by atoms with Gasteiger partial charge in [-0.1, -0.05) is 18.2 Å². The first kappa shape index (κ1) is 18.7. The molecule has 0 spiro atoms. The Balaban J connectivity index is 0.00000361. The van der Waals surface area contributed by atoms with Gasteiger partial charge in [-0.05, 0) is 26.0 Å². The summed E-state index contributed by atoms with van der Waals surface area (Å²) in [6.45, 7) is 4.91. The number of rotatable bonds is 8. The molecule has 0 heterocycles. The summed E-state index contributed by atoms with van der Waals surface area (Å²) in [5, 5.41) is 2.78. The molecule has 0 aliphatic heterocycles. The van der Waals surface area contributed by atoms with E-state index in [0.29, 0.717) is 19.8 Å². The molecule has 0 atom stereocenters. The number of nitrogens with one attached hydrogen (secondary N) is 1. The lowest BCUT2D eigenvalue weighted by molar-refractivity contribution is -0.127. The number of halogens is 1. The van der Waals surface area contributed by atoms with Crippen LogP contribution in [-0.4, -0.2) is 37.8 Å². The van der Waals surface area contributed by atoms with E-state index in [9.17, 15) is 4.79 Å². The Labute approximate surface area is 126 Å². The normalized spacial score (nSPS) is 10.6. The molecule has 0 radical (unpaired) electrons. The molecule has 3 N–H and O–H groups in total. The van der Waals surface area contributed by atoms with Crippen molar-refractivity contribution in [2.75, 3.05) is 26.4 Å². The lowest BCUT2D eigenvalue weighted by Crippen LogP contribution is -2.50. The van der Waals surface area contributed by atoms with Crippen LogP contribution in [0.3, 0.4) is 0 Å². The largest absolute Gasteiger partial charge is 0.491 e. The zero-order valence-corrected chi connectivity index (χ0v) is 12.7. The fourth-order valence-electron chi connectivity index (χ4n) is 1.36. The molecule has 6 heteroatoms. The monoisotopic (exact) mass is 302 g/mol. The van der Waals surface area contributed by atoms with E-state index in [1.807, 2.05) is 44.2 Å². The minimum absolute atomic E-state index is 0. The van der Waals surface area contributed by atoms with Gasteiger partial charge in [0.1, 0.15) is 19.0 Å². The molecular formula is C14H23ClN2O3. The van der Waals surface area contributed by atoms with E-state index in [0.717, 1.165) is 5.75 Å². The number of amides is 1. The van der Waals surface area contributed by atoms with Crippen LogP contribution in [0.2, 0.25) is 0 Å². The third-order valence-corrected chi connectivity index (χ3v) is 2.46. The van der Waals surface area contributed by atoms with Crippen LogP contribution < -0.4 is 15.8 Å². The van der Waals surface area contributed by atoms with Crippen molar-refractivity contribution in [1.82, 2.24) is 5.32 Å². The second-order valence-electron chi connectivity index (χ2n) is 4.85. The van der Waals surface area contributed by atoms with Crippen LogP contribution >= 0.6 is 12.4 Å². The molecule has 1 amide bonds. The van der Waals surface area contributed by atoms with Crippen molar-refractivity contribution in [3.63, 3.8) is 0 Å². The van der Waals surface area contributed by atoms with E-state index < -0.39 is 5.54 Å². The molecule has 5 nitrogen and oxygen atoms in total. The highest BCUT2D eigenvalue weighted by Gasteiger charge is 2.17. The third-order valence-electron chi connectivity index (χ3n) is 2.46. The fourth-order valence-corrected chi connectivity index (χ4v) is 1.36. The fraction of sp³-hybridized carbons (Fsp3) is 0.500. The maximum Gasteiger partial charge on any atom is 0.246 e. The first-order valence-corrected chi connectivity index (χ1v) is 6.30. The molecule has 0 aliphatic rings. The average molecular weight is 303 g/mol. The van der Waals surface area contributed by atoms with Crippen LogP contribution in [0.1, 0.15) is 13.8 Å². The highest BCUT2D eigenvalue weighted by Crippen LogP contribution is 2.07. The Bertz CT molecular complexity index is 385. The molecule has 1 aromatic carbocycles. The maximum atomic E-state index is 11.5. The molecule has 1 rings (SSSR count). The van der Waals surface area contributed by atoms with Gasteiger partial charge < -0.3 is 20.5 Å². The van der Waals surface area contributed by atoms with Gasteiger partial charge in [0, 0.05) is 12.1 Å². The molecule has 0 aliphatic carbocycles. The van der Waals surface area contributed by atoms with Crippen molar-refractivity contribution >= 4 is 18.3 Å².